The van der Waals surface area contributed by atoms with Gasteiger partial charge in [-0.15, -0.1) is 0 Å². The summed E-state index contributed by atoms with van der Waals surface area (Å²) in [4.78, 5) is 23.2. The van der Waals surface area contributed by atoms with Gasteiger partial charge < -0.3 is 19.3 Å². The van der Waals surface area contributed by atoms with E-state index in [0.29, 0.717) is 43.1 Å². The van der Waals surface area contributed by atoms with Crippen LogP contribution in [0.15, 0.2) is 39.6 Å². The predicted molar refractivity (Wildman–Crippen MR) is 90.6 cm³/mol. The van der Waals surface area contributed by atoms with E-state index in [9.17, 15) is 9.59 Å². The molecule has 1 amide bonds. The molecular formula is C18H19N3O5. The van der Waals surface area contributed by atoms with Crippen molar-refractivity contribution in [3.05, 3.63) is 52.0 Å². The van der Waals surface area contributed by atoms with E-state index in [0.717, 1.165) is 0 Å². The number of benzene rings is 1. The average molecular weight is 357 g/mol. The molecule has 2 heterocycles. The van der Waals surface area contributed by atoms with Crippen molar-refractivity contribution in [1.29, 1.82) is 5.26 Å². The smallest absolute Gasteiger partial charge is 0.280 e. The van der Waals surface area contributed by atoms with Crippen LogP contribution >= 0.6 is 0 Å². The molecule has 0 unspecified atom stereocenters. The summed E-state index contributed by atoms with van der Waals surface area (Å²) in [5.74, 6) is 0.914. The number of aromatic amines is 1. The second-order valence-corrected chi connectivity index (χ2v) is 6.01. The van der Waals surface area contributed by atoms with Crippen molar-refractivity contribution >= 4 is 5.91 Å². The second kappa shape index (κ2) is 8.36. The van der Waals surface area contributed by atoms with Gasteiger partial charge in [-0.05, 0) is 24.3 Å². The van der Waals surface area contributed by atoms with Gasteiger partial charge in [0, 0.05) is 25.3 Å². The lowest BCUT2D eigenvalue weighted by Gasteiger charge is -2.32. The van der Waals surface area contributed by atoms with Crippen LogP contribution in [0.2, 0.25) is 0 Å². The molecule has 0 radical (unpaired) electrons. The molecule has 2 aromatic rings. The molecule has 1 saturated heterocycles. The number of ether oxygens (including phenoxy) is 2. The number of amides is 1. The van der Waals surface area contributed by atoms with Crippen LogP contribution in [0.25, 0.3) is 0 Å². The standard InChI is InChI=1S/C18H19N3O5/c19-10-12-1-3-13(4-2-12)25-16-7-8-24-11-15(16)20-17(22)6-5-14-9-18(23)21-26-14/h1-4,9,15-16H,5-8,11H2,(H,20,22)(H,21,23)/t15-,16-/m0/s1. The van der Waals surface area contributed by atoms with Crippen molar-refractivity contribution in [3.63, 3.8) is 0 Å². The van der Waals surface area contributed by atoms with Crippen LogP contribution < -0.4 is 15.6 Å². The zero-order valence-corrected chi connectivity index (χ0v) is 14.1. The number of hydrogen-bond donors (Lipinski definition) is 2. The molecule has 8 nitrogen and oxygen atoms in total. The quantitative estimate of drug-likeness (QED) is 0.800. The molecule has 136 valence electrons. The Hall–Kier alpha value is -3.05. The number of H-pyrrole nitrogens is 1. The van der Waals surface area contributed by atoms with E-state index in [4.69, 9.17) is 19.3 Å². The monoisotopic (exact) mass is 357 g/mol. The predicted octanol–water partition coefficient (Wildman–Crippen LogP) is 1.12. The van der Waals surface area contributed by atoms with E-state index in [-0.39, 0.29) is 30.0 Å². The average Bonchev–Trinajstić information content (AvgIpc) is 3.08. The Bertz CT molecular complexity index is 834. The van der Waals surface area contributed by atoms with E-state index in [1.807, 2.05) is 0 Å². The summed E-state index contributed by atoms with van der Waals surface area (Å²) in [6.07, 6.45) is 0.962. The third-order valence-electron chi connectivity index (χ3n) is 4.08. The first-order valence-electron chi connectivity index (χ1n) is 8.35. The number of nitriles is 1. The molecule has 3 rings (SSSR count). The zero-order chi connectivity index (χ0) is 18.4. The molecule has 0 saturated carbocycles. The van der Waals surface area contributed by atoms with Gasteiger partial charge in [-0.2, -0.15) is 10.4 Å². The highest BCUT2D eigenvalue weighted by Gasteiger charge is 2.29. The van der Waals surface area contributed by atoms with E-state index in [2.05, 4.69) is 16.5 Å². The van der Waals surface area contributed by atoms with Gasteiger partial charge in [0.25, 0.3) is 5.56 Å². The molecule has 1 aromatic carbocycles. The minimum atomic E-state index is -0.322. The van der Waals surface area contributed by atoms with E-state index >= 15 is 0 Å². The van der Waals surface area contributed by atoms with Gasteiger partial charge in [0.1, 0.15) is 17.6 Å². The number of rotatable bonds is 6. The first-order valence-corrected chi connectivity index (χ1v) is 8.35. The molecule has 2 atom stereocenters. The minimum Gasteiger partial charge on any atom is -0.488 e. The molecule has 2 N–H and O–H groups in total. The number of hydrogen-bond acceptors (Lipinski definition) is 6. The van der Waals surface area contributed by atoms with E-state index in [1.54, 1.807) is 24.3 Å². The lowest BCUT2D eigenvalue weighted by atomic mass is 10.1. The Balaban J connectivity index is 1.54. The maximum atomic E-state index is 12.2. The Morgan fingerprint density at radius 1 is 1.38 bits per heavy atom. The number of carbonyl (C=O) groups is 1. The molecule has 1 aromatic heterocycles. The van der Waals surface area contributed by atoms with Crippen LogP contribution in [0.4, 0.5) is 0 Å². The van der Waals surface area contributed by atoms with Crippen molar-refractivity contribution in [2.45, 2.75) is 31.4 Å². The minimum absolute atomic E-state index is 0.169. The lowest BCUT2D eigenvalue weighted by molar-refractivity contribution is -0.124. The molecule has 26 heavy (non-hydrogen) atoms. The second-order valence-electron chi connectivity index (χ2n) is 6.01. The number of nitrogens with one attached hydrogen (secondary N) is 2. The van der Waals surface area contributed by atoms with E-state index in [1.165, 1.54) is 6.07 Å². The maximum absolute atomic E-state index is 12.2. The van der Waals surface area contributed by atoms with Crippen molar-refractivity contribution < 1.29 is 18.8 Å². The molecule has 1 aliphatic heterocycles. The largest absolute Gasteiger partial charge is 0.488 e. The van der Waals surface area contributed by atoms with Crippen LogP contribution in [0, 0.1) is 11.3 Å². The molecule has 8 heteroatoms. The first kappa shape index (κ1) is 17.8. The highest BCUT2D eigenvalue weighted by Crippen LogP contribution is 2.19. The van der Waals surface area contributed by atoms with Crippen LogP contribution in [-0.4, -0.2) is 36.4 Å². The van der Waals surface area contributed by atoms with Crippen molar-refractivity contribution in [2.75, 3.05) is 13.2 Å². The van der Waals surface area contributed by atoms with Gasteiger partial charge in [0.05, 0.1) is 30.9 Å². The van der Waals surface area contributed by atoms with Gasteiger partial charge in [0.15, 0.2) is 0 Å². The molecule has 0 spiro atoms. The van der Waals surface area contributed by atoms with Crippen molar-refractivity contribution in [1.82, 2.24) is 10.5 Å². The maximum Gasteiger partial charge on any atom is 0.280 e. The first-order chi connectivity index (χ1) is 12.6. The number of aromatic nitrogens is 1. The molecule has 1 aliphatic rings. The normalized spacial score (nSPS) is 19.5. The van der Waals surface area contributed by atoms with Crippen LogP contribution in [-0.2, 0) is 16.0 Å². The van der Waals surface area contributed by atoms with Crippen LogP contribution in [0.5, 0.6) is 5.75 Å². The van der Waals surface area contributed by atoms with Gasteiger partial charge in [-0.25, -0.2) is 0 Å². The Morgan fingerprint density at radius 3 is 2.88 bits per heavy atom. The molecule has 1 fully saturated rings. The third kappa shape index (κ3) is 4.74. The molecule has 0 bridgehead atoms. The summed E-state index contributed by atoms with van der Waals surface area (Å²) in [6.45, 7) is 0.924. The van der Waals surface area contributed by atoms with Crippen LogP contribution in [0.1, 0.15) is 24.2 Å². The number of carbonyl (C=O) groups excluding carboxylic acids is 1. The van der Waals surface area contributed by atoms with Gasteiger partial charge >= 0.3 is 0 Å². The fourth-order valence-electron chi connectivity index (χ4n) is 2.74. The third-order valence-corrected chi connectivity index (χ3v) is 4.08. The fraction of sp³-hybridized carbons (Fsp3) is 0.389. The fourth-order valence-corrected chi connectivity index (χ4v) is 2.74. The number of aryl methyl sites for hydroxylation is 1. The SMILES string of the molecule is N#Cc1ccc(O[C@H]2CCOC[C@@H]2NC(=O)CCc2cc(=O)[nH]o2)cc1. The van der Waals surface area contributed by atoms with Gasteiger partial charge in [-0.1, -0.05) is 0 Å². The molecule has 0 aliphatic carbocycles. The highest BCUT2D eigenvalue weighted by atomic mass is 16.5. The zero-order valence-electron chi connectivity index (χ0n) is 14.1. The van der Waals surface area contributed by atoms with Crippen molar-refractivity contribution in [2.24, 2.45) is 0 Å². The van der Waals surface area contributed by atoms with Gasteiger partial charge in [-0.3, -0.25) is 9.59 Å². The highest BCUT2D eigenvalue weighted by molar-refractivity contribution is 5.76. The summed E-state index contributed by atoms with van der Waals surface area (Å²) in [6, 6.07) is 9.96. The van der Waals surface area contributed by atoms with Crippen molar-refractivity contribution in [3.8, 4) is 11.8 Å². The summed E-state index contributed by atoms with van der Waals surface area (Å²) >= 11 is 0. The van der Waals surface area contributed by atoms with Gasteiger partial charge in [0.2, 0.25) is 5.91 Å². The molecular weight excluding hydrogens is 338 g/mol. The summed E-state index contributed by atoms with van der Waals surface area (Å²) in [5.41, 5.74) is 0.238. The summed E-state index contributed by atoms with van der Waals surface area (Å²) < 4.78 is 16.4. The van der Waals surface area contributed by atoms with E-state index < -0.39 is 0 Å². The Labute approximate surface area is 149 Å². The Kier molecular flexibility index (Phi) is 5.71. The summed E-state index contributed by atoms with van der Waals surface area (Å²) in [5, 5.41) is 14.0. The number of nitrogens with zero attached hydrogens (tertiary/aromatic N) is 1. The summed E-state index contributed by atoms with van der Waals surface area (Å²) in [7, 11) is 0. The topological polar surface area (TPSA) is 117 Å². The lowest BCUT2D eigenvalue weighted by Crippen LogP contribution is -2.51. The van der Waals surface area contributed by atoms with Crippen LogP contribution in [0.3, 0.4) is 0 Å². The Morgan fingerprint density at radius 2 is 2.19 bits per heavy atom.